The van der Waals surface area contributed by atoms with Crippen molar-refractivity contribution >= 4 is 40.3 Å². The molecule has 0 unspecified atom stereocenters. The summed E-state index contributed by atoms with van der Waals surface area (Å²) in [6.07, 6.45) is 4.48. The van der Waals surface area contributed by atoms with Crippen LogP contribution in [0.15, 0.2) is 12.3 Å². The van der Waals surface area contributed by atoms with Crippen LogP contribution in [-0.2, 0) is 4.79 Å². The van der Waals surface area contributed by atoms with E-state index in [-0.39, 0.29) is 17.4 Å². The van der Waals surface area contributed by atoms with E-state index < -0.39 is 0 Å². The molecule has 24 heavy (non-hydrogen) atoms. The van der Waals surface area contributed by atoms with Crippen LogP contribution in [0.3, 0.4) is 0 Å². The Morgan fingerprint density at radius 3 is 2.83 bits per heavy atom. The lowest BCUT2D eigenvalue weighted by molar-refractivity contribution is -0.119. The molecule has 8 heteroatoms. The maximum absolute atomic E-state index is 11.3. The molecule has 2 rings (SSSR count). The summed E-state index contributed by atoms with van der Waals surface area (Å²) in [5.41, 5.74) is 6.61. The highest BCUT2D eigenvalue weighted by Crippen LogP contribution is 2.26. The average Bonchev–Trinajstić information content (AvgIpc) is 2.50. The Morgan fingerprint density at radius 2 is 2.17 bits per heavy atom. The van der Waals surface area contributed by atoms with Crippen molar-refractivity contribution in [1.82, 2.24) is 20.3 Å². The smallest absolute Gasteiger partial charge is 0.222 e. The number of nitrogens with one attached hydrogen (secondary N) is 2. The van der Waals surface area contributed by atoms with Crippen molar-refractivity contribution in [2.45, 2.75) is 45.6 Å². The van der Waals surface area contributed by atoms with Crippen LogP contribution < -0.4 is 16.4 Å². The molecule has 1 atom stereocenters. The molecule has 0 spiro atoms. The molecule has 0 radical (unpaired) electrons. The van der Waals surface area contributed by atoms with E-state index in [1.807, 2.05) is 6.92 Å². The van der Waals surface area contributed by atoms with Crippen LogP contribution in [0.4, 0.5) is 11.8 Å². The molecular formula is C16H23ClN6O. The van der Waals surface area contributed by atoms with E-state index in [9.17, 15) is 4.79 Å². The fourth-order valence-electron chi connectivity index (χ4n) is 2.47. The van der Waals surface area contributed by atoms with Crippen molar-refractivity contribution in [3.8, 4) is 0 Å². The SMILES string of the molecule is CCCC[C@](C)(CNC(C)=O)Nc1nc(N)nc2cc(Cl)cnc12. The number of hydrogen-bond acceptors (Lipinski definition) is 6. The summed E-state index contributed by atoms with van der Waals surface area (Å²) >= 11 is 5.98. The van der Waals surface area contributed by atoms with E-state index in [0.29, 0.717) is 28.4 Å². The van der Waals surface area contributed by atoms with Gasteiger partial charge in [-0.15, -0.1) is 0 Å². The number of aromatic nitrogens is 3. The number of carbonyl (C=O) groups excluding carboxylic acids is 1. The summed E-state index contributed by atoms with van der Waals surface area (Å²) in [7, 11) is 0. The first kappa shape index (κ1) is 18.2. The first-order chi connectivity index (χ1) is 11.3. The second-order valence-corrected chi connectivity index (χ2v) is 6.59. The molecule has 0 saturated carbocycles. The number of nitrogens with zero attached hydrogens (tertiary/aromatic N) is 3. The van der Waals surface area contributed by atoms with Gasteiger partial charge in [-0.25, -0.2) is 9.97 Å². The molecule has 7 nitrogen and oxygen atoms in total. The van der Waals surface area contributed by atoms with Gasteiger partial charge in [-0.05, 0) is 19.4 Å². The highest BCUT2D eigenvalue weighted by Gasteiger charge is 2.26. The summed E-state index contributed by atoms with van der Waals surface area (Å²) in [5.74, 6) is 0.612. The Kier molecular flexibility index (Phi) is 5.77. The van der Waals surface area contributed by atoms with Gasteiger partial charge < -0.3 is 16.4 Å². The van der Waals surface area contributed by atoms with Gasteiger partial charge in [0, 0.05) is 19.7 Å². The van der Waals surface area contributed by atoms with Crippen LogP contribution in [0.25, 0.3) is 11.0 Å². The van der Waals surface area contributed by atoms with Crippen LogP contribution >= 0.6 is 11.6 Å². The fourth-order valence-corrected chi connectivity index (χ4v) is 2.62. The number of hydrogen-bond donors (Lipinski definition) is 3. The number of amides is 1. The van der Waals surface area contributed by atoms with E-state index in [0.717, 1.165) is 19.3 Å². The molecule has 0 aliphatic heterocycles. The van der Waals surface area contributed by atoms with Gasteiger partial charge in [0.15, 0.2) is 5.82 Å². The minimum absolute atomic E-state index is 0.0727. The van der Waals surface area contributed by atoms with E-state index >= 15 is 0 Å². The lowest BCUT2D eigenvalue weighted by atomic mass is 9.94. The largest absolute Gasteiger partial charge is 0.368 e. The number of nitrogen functional groups attached to an aromatic ring is 1. The van der Waals surface area contributed by atoms with Crippen molar-refractivity contribution in [3.63, 3.8) is 0 Å². The molecule has 2 aromatic rings. The van der Waals surface area contributed by atoms with Crippen molar-refractivity contribution in [2.24, 2.45) is 0 Å². The standard InChI is InChI=1S/C16H23ClN6O/c1-4-5-6-16(3,9-20-10(2)24)23-14-13-12(21-15(18)22-14)7-11(17)8-19-13/h7-8H,4-6,9H2,1-3H3,(H,20,24)(H3,18,21,22,23)/t16-/m1/s1. The number of anilines is 2. The Bertz CT molecular complexity index is 733. The number of pyridine rings is 1. The zero-order valence-electron chi connectivity index (χ0n) is 14.2. The van der Waals surface area contributed by atoms with Crippen molar-refractivity contribution in [1.29, 1.82) is 0 Å². The van der Waals surface area contributed by atoms with Gasteiger partial charge in [0.1, 0.15) is 5.52 Å². The van der Waals surface area contributed by atoms with Gasteiger partial charge in [-0.2, -0.15) is 4.98 Å². The number of halogens is 1. The number of unbranched alkanes of at least 4 members (excludes halogenated alkanes) is 1. The molecule has 2 heterocycles. The quantitative estimate of drug-likeness (QED) is 0.709. The normalized spacial score (nSPS) is 13.5. The zero-order chi connectivity index (χ0) is 17.7. The molecule has 4 N–H and O–H groups in total. The summed E-state index contributed by atoms with van der Waals surface area (Å²) in [4.78, 5) is 24.1. The number of nitrogens with two attached hydrogens (primary N) is 1. The van der Waals surface area contributed by atoms with Gasteiger partial charge in [-0.3, -0.25) is 4.79 Å². The predicted molar refractivity (Wildman–Crippen MR) is 97.0 cm³/mol. The second-order valence-electron chi connectivity index (χ2n) is 6.15. The Hall–Kier alpha value is -2.15. The average molecular weight is 351 g/mol. The van der Waals surface area contributed by atoms with Gasteiger partial charge >= 0.3 is 0 Å². The predicted octanol–water partition coefficient (Wildman–Crippen LogP) is 2.76. The van der Waals surface area contributed by atoms with E-state index in [1.165, 1.54) is 6.92 Å². The summed E-state index contributed by atoms with van der Waals surface area (Å²) < 4.78 is 0. The molecule has 0 aliphatic carbocycles. The molecule has 130 valence electrons. The minimum Gasteiger partial charge on any atom is -0.368 e. The third kappa shape index (κ3) is 4.67. The van der Waals surface area contributed by atoms with E-state index in [2.05, 4.69) is 32.5 Å². The molecule has 1 amide bonds. The molecule has 0 fully saturated rings. The molecular weight excluding hydrogens is 328 g/mol. The number of fused-ring (bicyclic) bond motifs is 1. The van der Waals surface area contributed by atoms with Gasteiger partial charge in [0.2, 0.25) is 11.9 Å². The zero-order valence-corrected chi connectivity index (χ0v) is 14.9. The maximum Gasteiger partial charge on any atom is 0.222 e. The van der Waals surface area contributed by atoms with E-state index in [1.54, 1.807) is 12.3 Å². The topological polar surface area (TPSA) is 106 Å². The fraction of sp³-hybridized carbons (Fsp3) is 0.500. The van der Waals surface area contributed by atoms with E-state index in [4.69, 9.17) is 17.3 Å². The van der Waals surface area contributed by atoms with Crippen molar-refractivity contribution in [2.75, 3.05) is 17.6 Å². The monoisotopic (exact) mass is 350 g/mol. The summed E-state index contributed by atoms with van der Waals surface area (Å²) in [6.45, 7) is 6.14. The molecule has 2 aromatic heterocycles. The maximum atomic E-state index is 11.3. The van der Waals surface area contributed by atoms with Crippen molar-refractivity contribution < 1.29 is 4.79 Å². The van der Waals surface area contributed by atoms with Crippen LogP contribution in [0, 0.1) is 0 Å². The molecule has 0 bridgehead atoms. The van der Waals surface area contributed by atoms with Crippen molar-refractivity contribution in [3.05, 3.63) is 17.3 Å². The highest BCUT2D eigenvalue weighted by molar-refractivity contribution is 6.31. The lowest BCUT2D eigenvalue weighted by Crippen LogP contribution is -2.46. The van der Waals surface area contributed by atoms with Crippen LogP contribution in [0.5, 0.6) is 0 Å². The molecule has 0 saturated heterocycles. The Morgan fingerprint density at radius 1 is 1.42 bits per heavy atom. The van der Waals surface area contributed by atoms with Gasteiger partial charge in [0.25, 0.3) is 0 Å². The number of rotatable bonds is 7. The Balaban J connectivity index is 2.37. The van der Waals surface area contributed by atoms with Gasteiger partial charge in [0.05, 0.1) is 16.1 Å². The first-order valence-corrected chi connectivity index (χ1v) is 8.32. The van der Waals surface area contributed by atoms with Crippen LogP contribution in [0.1, 0.15) is 40.0 Å². The lowest BCUT2D eigenvalue weighted by Gasteiger charge is -2.32. The number of carbonyl (C=O) groups is 1. The van der Waals surface area contributed by atoms with Gasteiger partial charge in [-0.1, -0.05) is 31.4 Å². The third-order valence-electron chi connectivity index (χ3n) is 3.75. The highest BCUT2D eigenvalue weighted by atomic mass is 35.5. The third-order valence-corrected chi connectivity index (χ3v) is 3.96. The molecule has 0 aromatic carbocycles. The molecule has 0 aliphatic rings. The summed E-state index contributed by atoms with van der Waals surface area (Å²) in [6, 6.07) is 1.70. The van der Waals surface area contributed by atoms with Crippen LogP contribution in [-0.4, -0.2) is 32.9 Å². The summed E-state index contributed by atoms with van der Waals surface area (Å²) in [5, 5.41) is 6.75. The Labute approximate surface area is 146 Å². The second kappa shape index (κ2) is 7.61. The van der Waals surface area contributed by atoms with Crippen LogP contribution in [0.2, 0.25) is 5.02 Å². The minimum atomic E-state index is -0.378. The first-order valence-electron chi connectivity index (χ1n) is 7.94.